The summed E-state index contributed by atoms with van der Waals surface area (Å²) in [5, 5.41) is 7.12. The second-order valence-corrected chi connectivity index (χ2v) is 6.33. The van der Waals surface area contributed by atoms with E-state index in [-0.39, 0.29) is 5.54 Å². The quantitative estimate of drug-likeness (QED) is 0.910. The molecule has 1 fully saturated rings. The van der Waals surface area contributed by atoms with Gasteiger partial charge in [-0.05, 0) is 46.6 Å². The Kier molecular flexibility index (Phi) is 4.41. The Balaban J connectivity index is 2.27. The number of ether oxygens (including phenoxy) is 1. The van der Waals surface area contributed by atoms with Crippen LogP contribution in [0.1, 0.15) is 50.7 Å². The maximum Gasteiger partial charge on any atom is 0.113 e. The van der Waals surface area contributed by atoms with Gasteiger partial charge in [0.2, 0.25) is 0 Å². The van der Waals surface area contributed by atoms with Crippen LogP contribution in [0.5, 0.6) is 0 Å². The van der Waals surface area contributed by atoms with Crippen LogP contribution in [-0.2, 0) is 10.3 Å². The fourth-order valence-corrected chi connectivity index (χ4v) is 3.89. The van der Waals surface area contributed by atoms with Crippen molar-refractivity contribution < 1.29 is 4.74 Å². The number of rotatable bonds is 4. The average Bonchev–Trinajstić information content (AvgIpc) is 2.72. The summed E-state index contributed by atoms with van der Waals surface area (Å²) in [5.41, 5.74) is 1.14. The van der Waals surface area contributed by atoms with E-state index in [2.05, 4.69) is 38.4 Å². The lowest BCUT2D eigenvalue weighted by Gasteiger charge is -2.42. The Hall–Kier alpha value is -0.450. The molecule has 0 radical (unpaired) electrons. The highest BCUT2D eigenvalue weighted by molar-refractivity contribution is 7.09. The highest BCUT2D eigenvalue weighted by atomic mass is 32.1. The number of aromatic nitrogens is 1. The molecule has 4 heteroatoms. The molecular weight excluding hydrogens is 244 g/mol. The van der Waals surface area contributed by atoms with E-state index in [9.17, 15) is 0 Å². The SMILES string of the molecule is CCCNC1(c2nc(C)cs2)CC(C)OC(C)C1. The van der Waals surface area contributed by atoms with Crippen LogP contribution in [0.25, 0.3) is 0 Å². The molecule has 0 aliphatic carbocycles. The van der Waals surface area contributed by atoms with E-state index < -0.39 is 0 Å². The van der Waals surface area contributed by atoms with Crippen LogP contribution in [0.3, 0.4) is 0 Å². The van der Waals surface area contributed by atoms with Crippen LogP contribution >= 0.6 is 11.3 Å². The largest absolute Gasteiger partial charge is 0.375 e. The topological polar surface area (TPSA) is 34.2 Å². The van der Waals surface area contributed by atoms with Gasteiger partial charge in [-0.2, -0.15) is 0 Å². The smallest absolute Gasteiger partial charge is 0.113 e. The van der Waals surface area contributed by atoms with Crippen molar-refractivity contribution >= 4 is 11.3 Å². The highest BCUT2D eigenvalue weighted by Gasteiger charge is 2.41. The molecule has 2 unspecified atom stereocenters. The minimum Gasteiger partial charge on any atom is -0.375 e. The first-order valence-electron chi connectivity index (χ1n) is 6.89. The average molecular weight is 268 g/mol. The Morgan fingerprint density at radius 1 is 1.44 bits per heavy atom. The van der Waals surface area contributed by atoms with Crippen LogP contribution in [0, 0.1) is 6.92 Å². The van der Waals surface area contributed by atoms with Crippen LogP contribution in [-0.4, -0.2) is 23.7 Å². The minimum absolute atomic E-state index is 0.0199. The molecule has 2 heterocycles. The zero-order valence-corrected chi connectivity index (χ0v) is 12.6. The first-order valence-corrected chi connectivity index (χ1v) is 7.77. The molecule has 102 valence electrons. The van der Waals surface area contributed by atoms with Crippen molar-refractivity contribution in [3.8, 4) is 0 Å². The fourth-order valence-electron chi connectivity index (χ4n) is 2.89. The molecule has 2 rings (SSSR count). The van der Waals surface area contributed by atoms with Gasteiger partial charge in [0.25, 0.3) is 0 Å². The van der Waals surface area contributed by atoms with Crippen molar-refractivity contribution in [1.29, 1.82) is 0 Å². The minimum atomic E-state index is 0.0199. The summed E-state index contributed by atoms with van der Waals surface area (Å²) in [6.45, 7) is 9.65. The van der Waals surface area contributed by atoms with Crippen molar-refractivity contribution in [2.75, 3.05) is 6.54 Å². The van der Waals surface area contributed by atoms with E-state index in [0.29, 0.717) is 12.2 Å². The van der Waals surface area contributed by atoms with Crippen molar-refractivity contribution in [1.82, 2.24) is 10.3 Å². The molecule has 1 aromatic rings. The Bertz CT molecular complexity index is 381. The Morgan fingerprint density at radius 3 is 2.61 bits per heavy atom. The van der Waals surface area contributed by atoms with Crippen LogP contribution in [0.15, 0.2) is 5.38 Å². The van der Waals surface area contributed by atoms with E-state index in [4.69, 9.17) is 9.72 Å². The zero-order valence-electron chi connectivity index (χ0n) is 11.8. The molecule has 3 nitrogen and oxygen atoms in total. The molecule has 1 aliphatic heterocycles. The van der Waals surface area contributed by atoms with Gasteiger partial charge in [-0.25, -0.2) is 4.98 Å². The van der Waals surface area contributed by atoms with Crippen molar-refractivity contribution in [3.05, 3.63) is 16.1 Å². The molecule has 0 aromatic carbocycles. The van der Waals surface area contributed by atoms with Crippen molar-refractivity contribution in [2.45, 2.75) is 64.7 Å². The monoisotopic (exact) mass is 268 g/mol. The van der Waals surface area contributed by atoms with Crippen LogP contribution in [0.4, 0.5) is 0 Å². The molecule has 0 spiro atoms. The predicted molar refractivity (Wildman–Crippen MR) is 76.1 cm³/mol. The third kappa shape index (κ3) is 2.92. The van der Waals surface area contributed by atoms with E-state index in [1.165, 1.54) is 5.01 Å². The molecule has 1 aliphatic rings. The molecule has 1 saturated heterocycles. The van der Waals surface area contributed by atoms with Gasteiger partial charge < -0.3 is 10.1 Å². The molecule has 0 bridgehead atoms. The number of thiazole rings is 1. The van der Waals surface area contributed by atoms with Crippen LogP contribution < -0.4 is 5.32 Å². The van der Waals surface area contributed by atoms with Gasteiger partial charge in [0.15, 0.2) is 0 Å². The van der Waals surface area contributed by atoms with E-state index in [1.807, 2.05) is 0 Å². The molecule has 0 amide bonds. The van der Waals surface area contributed by atoms with Gasteiger partial charge in [-0.1, -0.05) is 6.92 Å². The van der Waals surface area contributed by atoms with Crippen molar-refractivity contribution in [3.63, 3.8) is 0 Å². The summed E-state index contributed by atoms with van der Waals surface area (Å²) in [5.74, 6) is 0. The number of hydrogen-bond acceptors (Lipinski definition) is 4. The number of hydrogen-bond donors (Lipinski definition) is 1. The summed E-state index contributed by atoms with van der Waals surface area (Å²) in [7, 11) is 0. The summed E-state index contributed by atoms with van der Waals surface area (Å²) in [4.78, 5) is 4.73. The predicted octanol–water partition coefficient (Wildman–Crippen LogP) is 3.23. The lowest BCUT2D eigenvalue weighted by atomic mass is 9.84. The summed E-state index contributed by atoms with van der Waals surface area (Å²) < 4.78 is 5.89. The lowest BCUT2D eigenvalue weighted by molar-refractivity contribution is -0.0712. The van der Waals surface area contributed by atoms with Gasteiger partial charge in [-0.3, -0.25) is 0 Å². The van der Waals surface area contributed by atoms with E-state index in [1.54, 1.807) is 11.3 Å². The molecule has 1 N–H and O–H groups in total. The fraction of sp³-hybridized carbons (Fsp3) is 0.786. The van der Waals surface area contributed by atoms with E-state index >= 15 is 0 Å². The van der Waals surface area contributed by atoms with Gasteiger partial charge in [-0.15, -0.1) is 11.3 Å². The summed E-state index contributed by atoms with van der Waals surface area (Å²) in [6.07, 6.45) is 3.77. The normalized spacial score (nSPS) is 32.7. The van der Waals surface area contributed by atoms with Gasteiger partial charge in [0.05, 0.1) is 17.7 Å². The summed E-state index contributed by atoms with van der Waals surface area (Å²) in [6, 6.07) is 0. The Labute approximate surface area is 114 Å². The second kappa shape index (κ2) is 5.68. The van der Waals surface area contributed by atoms with Gasteiger partial charge in [0.1, 0.15) is 5.01 Å². The van der Waals surface area contributed by atoms with Crippen LogP contribution in [0.2, 0.25) is 0 Å². The van der Waals surface area contributed by atoms with Gasteiger partial charge >= 0.3 is 0 Å². The number of aryl methyl sites for hydroxylation is 1. The van der Waals surface area contributed by atoms with Gasteiger partial charge in [0, 0.05) is 11.1 Å². The number of nitrogens with zero attached hydrogens (tertiary/aromatic N) is 1. The molecule has 0 saturated carbocycles. The maximum atomic E-state index is 5.89. The first kappa shape index (κ1) is 14.0. The van der Waals surface area contributed by atoms with E-state index in [0.717, 1.165) is 31.5 Å². The maximum absolute atomic E-state index is 5.89. The summed E-state index contributed by atoms with van der Waals surface area (Å²) >= 11 is 1.78. The lowest BCUT2D eigenvalue weighted by Crippen LogP contribution is -2.51. The third-order valence-corrected chi connectivity index (χ3v) is 4.64. The standard InChI is InChI=1S/C14H24N2OS/c1-5-6-15-14(13-16-10(2)9-18-13)7-11(3)17-12(4)8-14/h9,11-12,15H,5-8H2,1-4H3. The highest BCUT2D eigenvalue weighted by Crippen LogP contribution is 2.38. The second-order valence-electron chi connectivity index (χ2n) is 5.47. The molecular formula is C14H24N2OS. The molecule has 18 heavy (non-hydrogen) atoms. The number of nitrogens with one attached hydrogen (secondary N) is 1. The molecule has 2 atom stereocenters. The first-order chi connectivity index (χ1) is 8.55. The van der Waals surface area contributed by atoms with Crippen molar-refractivity contribution in [2.24, 2.45) is 0 Å². The third-order valence-electron chi connectivity index (χ3n) is 3.48. The Morgan fingerprint density at radius 2 is 2.11 bits per heavy atom. The zero-order chi connectivity index (χ0) is 13.2. The molecule has 1 aromatic heterocycles.